The highest BCUT2D eigenvalue weighted by molar-refractivity contribution is 7.26. The molecule has 63 heavy (non-hydrogen) atoms. The van der Waals surface area contributed by atoms with E-state index in [1.807, 2.05) is 11.3 Å². The number of hydrogen-bond donors (Lipinski definition) is 0. The summed E-state index contributed by atoms with van der Waals surface area (Å²) in [5, 5.41) is 13.4. The summed E-state index contributed by atoms with van der Waals surface area (Å²) in [5.74, 6) is 0.714. The average molecular weight is 819 g/mol. The Kier molecular flexibility index (Phi) is 7.24. The van der Waals surface area contributed by atoms with E-state index >= 15 is 0 Å². The van der Waals surface area contributed by atoms with Crippen LogP contribution in [0, 0.1) is 0 Å². The van der Waals surface area contributed by atoms with E-state index in [0.717, 1.165) is 44.6 Å². The molecule has 292 valence electrons. The Morgan fingerprint density at radius 3 is 1.71 bits per heavy atom. The maximum atomic E-state index is 5.62. The molecule has 0 N–H and O–H groups in total. The van der Waals surface area contributed by atoms with Crippen LogP contribution in [0.5, 0.6) is 0 Å². The molecule has 5 heteroatoms. The van der Waals surface area contributed by atoms with Gasteiger partial charge >= 0.3 is 0 Å². The molecule has 0 atom stereocenters. The van der Waals surface area contributed by atoms with E-state index in [2.05, 4.69) is 215 Å². The first kappa shape index (κ1) is 34.6. The second-order valence-corrected chi connectivity index (χ2v) is 17.6. The van der Waals surface area contributed by atoms with Crippen LogP contribution in [0.2, 0.25) is 0 Å². The third-order valence-electron chi connectivity index (χ3n) is 13.1. The minimum absolute atomic E-state index is 0.714. The number of rotatable bonds is 4. The fraction of sp³-hybridized carbons (Fsp3) is 0. The highest BCUT2D eigenvalue weighted by Gasteiger charge is 2.22. The third kappa shape index (κ3) is 5.03. The molecule has 0 saturated carbocycles. The summed E-state index contributed by atoms with van der Waals surface area (Å²) in [6.07, 6.45) is 0. The van der Waals surface area contributed by atoms with Crippen LogP contribution in [0.3, 0.4) is 0 Å². The van der Waals surface area contributed by atoms with Gasteiger partial charge in [0.1, 0.15) is 0 Å². The zero-order valence-corrected chi connectivity index (χ0v) is 34.6. The number of para-hydroxylation sites is 3. The van der Waals surface area contributed by atoms with Gasteiger partial charge in [0.25, 0.3) is 0 Å². The van der Waals surface area contributed by atoms with Gasteiger partial charge in [0, 0.05) is 69.6 Å². The van der Waals surface area contributed by atoms with Gasteiger partial charge < -0.3 is 9.13 Å². The van der Waals surface area contributed by atoms with Crippen molar-refractivity contribution in [1.29, 1.82) is 0 Å². The van der Waals surface area contributed by atoms with Crippen molar-refractivity contribution in [3.8, 4) is 34.0 Å². The van der Waals surface area contributed by atoms with Crippen molar-refractivity contribution in [2.24, 2.45) is 0 Å². The molecular weight excluding hydrogens is 785 g/mol. The van der Waals surface area contributed by atoms with Gasteiger partial charge in [0.15, 0.2) is 5.82 Å². The molecule has 0 aliphatic heterocycles. The van der Waals surface area contributed by atoms with E-state index in [4.69, 9.17) is 9.97 Å². The van der Waals surface area contributed by atoms with Gasteiger partial charge in [-0.3, -0.25) is 0 Å². The molecule has 0 radical (unpaired) electrons. The van der Waals surface area contributed by atoms with E-state index in [0.29, 0.717) is 5.82 Å². The van der Waals surface area contributed by atoms with Crippen LogP contribution in [0.15, 0.2) is 206 Å². The van der Waals surface area contributed by atoms with Crippen LogP contribution in [-0.2, 0) is 0 Å². The van der Waals surface area contributed by atoms with Gasteiger partial charge in [-0.1, -0.05) is 140 Å². The second kappa shape index (κ2) is 13.2. The molecule has 0 unspecified atom stereocenters. The highest BCUT2D eigenvalue weighted by atomic mass is 32.1. The summed E-state index contributed by atoms with van der Waals surface area (Å²) in [7, 11) is 0. The number of nitrogens with zero attached hydrogens (tertiary/aromatic N) is 4. The standard InChI is InChI=1S/C58H34N4S/c1-2-16-38(17-3-1)61-49-24-12-9-20-42(49)45-32-37(28-29-50(45)61)56-44-22-8-11-23-48(44)59-58(60-56)47-34-39(33-46-43-21-10-13-25-53(43)63-57(46)47)62-51-30-26-35-14-4-6-18-40(35)54(51)55-41-19-7-5-15-36(41)27-31-52(55)62/h1-34H. The maximum Gasteiger partial charge on any atom is 0.161 e. The smallest absolute Gasteiger partial charge is 0.161 e. The van der Waals surface area contributed by atoms with Crippen molar-refractivity contribution in [3.05, 3.63) is 206 Å². The van der Waals surface area contributed by atoms with E-state index < -0.39 is 0 Å². The Hall–Kier alpha value is -8.12. The summed E-state index contributed by atoms with van der Waals surface area (Å²) in [4.78, 5) is 11.0. The van der Waals surface area contributed by atoms with E-state index in [-0.39, 0.29) is 0 Å². The van der Waals surface area contributed by atoms with Crippen LogP contribution in [0.25, 0.3) is 130 Å². The zero-order valence-electron chi connectivity index (χ0n) is 33.8. The minimum atomic E-state index is 0.714. The van der Waals surface area contributed by atoms with Crippen LogP contribution < -0.4 is 0 Å². The Bertz CT molecular complexity index is 4120. The highest BCUT2D eigenvalue weighted by Crippen LogP contribution is 2.46. The monoisotopic (exact) mass is 818 g/mol. The first-order valence-corrected chi connectivity index (χ1v) is 22.2. The lowest BCUT2D eigenvalue weighted by Crippen LogP contribution is -1.98. The fourth-order valence-corrected chi connectivity index (χ4v) is 11.5. The van der Waals surface area contributed by atoms with Crippen molar-refractivity contribution in [2.75, 3.05) is 0 Å². The van der Waals surface area contributed by atoms with Crippen molar-refractivity contribution in [3.63, 3.8) is 0 Å². The number of thiophene rings is 1. The second-order valence-electron chi connectivity index (χ2n) is 16.5. The molecule has 0 spiro atoms. The molecule has 0 saturated heterocycles. The minimum Gasteiger partial charge on any atom is -0.309 e. The topological polar surface area (TPSA) is 35.6 Å². The molecule has 4 aromatic heterocycles. The molecule has 10 aromatic carbocycles. The van der Waals surface area contributed by atoms with Gasteiger partial charge in [-0.15, -0.1) is 11.3 Å². The number of benzene rings is 10. The number of fused-ring (bicyclic) bond motifs is 14. The summed E-state index contributed by atoms with van der Waals surface area (Å²) in [6, 6.07) is 74.8. The molecule has 0 amide bonds. The Morgan fingerprint density at radius 1 is 0.365 bits per heavy atom. The van der Waals surface area contributed by atoms with E-state index in [9.17, 15) is 0 Å². The van der Waals surface area contributed by atoms with Gasteiger partial charge in [0.2, 0.25) is 0 Å². The summed E-state index contributed by atoms with van der Waals surface area (Å²) in [5.41, 5.74) is 10.8. The number of aromatic nitrogens is 4. The average Bonchev–Trinajstić information content (AvgIpc) is 4.01. The van der Waals surface area contributed by atoms with Gasteiger partial charge in [0.05, 0.1) is 33.3 Å². The molecular formula is C58H34N4S. The van der Waals surface area contributed by atoms with Crippen molar-refractivity contribution < 1.29 is 0 Å². The van der Waals surface area contributed by atoms with E-state index in [1.165, 1.54) is 79.8 Å². The molecule has 4 heterocycles. The van der Waals surface area contributed by atoms with Crippen molar-refractivity contribution in [1.82, 2.24) is 19.1 Å². The SMILES string of the molecule is c1ccc(-n2c3ccccc3c3cc(-c4nc(-c5cc(-n6c7ccc8ccccc8c7c7c8ccccc8ccc76)cc6c5sc5ccccc56)nc5ccccc45)ccc32)cc1. The first-order valence-electron chi connectivity index (χ1n) is 21.4. The Labute approximate surface area is 365 Å². The molecule has 0 fully saturated rings. The summed E-state index contributed by atoms with van der Waals surface area (Å²) in [6.45, 7) is 0. The predicted molar refractivity (Wildman–Crippen MR) is 267 cm³/mol. The molecule has 0 bridgehead atoms. The quantitative estimate of drug-likeness (QED) is 0.177. The van der Waals surface area contributed by atoms with Crippen molar-refractivity contribution >= 4 is 108 Å². The van der Waals surface area contributed by atoms with Crippen molar-refractivity contribution in [2.45, 2.75) is 0 Å². The first-order chi connectivity index (χ1) is 31.2. The van der Waals surface area contributed by atoms with Crippen LogP contribution in [0.4, 0.5) is 0 Å². The lowest BCUT2D eigenvalue weighted by atomic mass is 10.00. The molecule has 14 aromatic rings. The molecule has 0 aliphatic carbocycles. The van der Waals surface area contributed by atoms with Crippen LogP contribution >= 0.6 is 11.3 Å². The predicted octanol–water partition coefficient (Wildman–Crippen LogP) is 15.8. The van der Waals surface area contributed by atoms with Crippen LogP contribution in [0.1, 0.15) is 0 Å². The summed E-state index contributed by atoms with van der Waals surface area (Å²) >= 11 is 1.82. The lowest BCUT2D eigenvalue weighted by Gasteiger charge is -2.14. The number of hydrogen-bond acceptors (Lipinski definition) is 3. The van der Waals surface area contributed by atoms with Gasteiger partial charge in [-0.05, 0) is 88.3 Å². The lowest BCUT2D eigenvalue weighted by molar-refractivity contribution is 1.18. The normalized spacial score (nSPS) is 12.1. The van der Waals surface area contributed by atoms with Crippen LogP contribution in [-0.4, -0.2) is 19.1 Å². The Morgan fingerprint density at radius 2 is 0.952 bits per heavy atom. The molecule has 14 rings (SSSR count). The largest absolute Gasteiger partial charge is 0.309 e. The maximum absolute atomic E-state index is 5.62. The third-order valence-corrected chi connectivity index (χ3v) is 14.3. The van der Waals surface area contributed by atoms with E-state index in [1.54, 1.807) is 0 Å². The zero-order chi connectivity index (χ0) is 41.2. The fourth-order valence-electron chi connectivity index (χ4n) is 10.3. The summed E-state index contributed by atoms with van der Waals surface area (Å²) < 4.78 is 7.25. The molecule has 4 nitrogen and oxygen atoms in total. The Balaban J connectivity index is 1.06. The van der Waals surface area contributed by atoms with Gasteiger partial charge in [-0.2, -0.15) is 0 Å². The van der Waals surface area contributed by atoms with Gasteiger partial charge in [-0.25, -0.2) is 9.97 Å². The molecule has 0 aliphatic rings.